The van der Waals surface area contributed by atoms with Crippen molar-refractivity contribution in [2.45, 2.75) is 25.4 Å². The molecule has 0 saturated carbocycles. The maximum Gasteiger partial charge on any atom is 0.305 e. The number of rotatable bonds is 10. The maximum atomic E-state index is 13.7. The third-order valence-electron chi connectivity index (χ3n) is 5.64. The first-order chi connectivity index (χ1) is 18.6. The molecule has 13 nitrogen and oxygen atoms in total. The van der Waals surface area contributed by atoms with Gasteiger partial charge < -0.3 is 30.2 Å². The number of aliphatic carboxylic acids is 1. The van der Waals surface area contributed by atoms with Crippen molar-refractivity contribution in [3.05, 3.63) is 60.2 Å². The summed E-state index contributed by atoms with van der Waals surface area (Å²) in [6.45, 7) is -0.493. The molecule has 3 N–H and O–H groups in total. The van der Waals surface area contributed by atoms with Crippen LogP contribution in [0.3, 0.4) is 0 Å². The van der Waals surface area contributed by atoms with Crippen molar-refractivity contribution in [1.82, 2.24) is 10.6 Å². The van der Waals surface area contributed by atoms with Crippen LogP contribution in [0.1, 0.15) is 23.7 Å². The number of anilines is 2. The lowest BCUT2D eigenvalue weighted by molar-refractivity contribution is -0.145. The van der Waals surface area contributed by atoms with E-state index in [2.05, 4.69) is 10.6 Å². The van der Waals surface area contributed by atoms with Crippen molar-refractivity contribution in [2.24, 2.45) is 0 Å². The smallest absolute Gasteiger partial charge is 0.305 e. The van der Waals surface area contributed by atoms with Gasteiger partial charge in [0.2, 0.25) is 5.91 Å². The molecule has 3 rings (SSSR count). The minimum Gasteiger partial charge on any atom is -0.481 e. The highest BCUT2D eigenvalue weighted by atomic mass is 16.5. The van der Waals surface area contributed by atoms with Crippen LogP contribution in [-0.4, -0.2) is 78.7 Å². The number of ether oxygens (including phenoxy) is 1. The van der Waals surface area contributed by atoms with Gasteiger partial charge in [0.1, 0.15) is 18.9 Å². The molecule has 0 saturated heterocycles. The highest BCUT2D eigenvalue weighted by molar-refractivity contribution is 6.11. The van der Waals surface area contributed by atoms with Crippen molar-refractivity contribution in [3.63, 3.8) is 0 Å². The Kier molecular flexibility index (Phi) is 9.46. The second-order valence-electron chi connectivity index (χ2n) is 8.50. The molecule has 0 radical (unpaired) electrons. The molecule has 0 spiro atoms. The van der Waals surface area contributed by atoms with E-state index in [1.807, 2.05) is 0 Å². The molecule has 1 aliphatic heterocycles. The normalized spacial score (nSPS) is 15.3. The number of para-hydroxylation sites is 2. The first-order valence-corrected chi connectivity index (χ1v) is 11.8. The van der Waals surface area contributed by atoms with E-state index in [1.165, 1.54) is 29.2 Å². The Morgan fingerprint density at radius 1 is 1.05 bits per heavy atom. The second-order valence-corrected chi connectivity index (χ2v) is 8.50. The molecule has 1 aliphatic rings. The average molecular weight is 539 g/mol. The van der Waals surface area contributed by atoms with Crippen molar-refractivity contribution >= 4 is 53.2 Å². The van der Waals surface area contributed by atoms with Crippen LogP contribution >= 0.6 is 0 Å². The Balaban J connectivity index is 1.98. The third-order valence-corrected chi connectivity index (χ3v) is 5.64. The van der Waals surface area contributed by atoms with Gasteiger partial charge in [0, 0.05) is 12.5 Å². The van der Waals surface area contributed by atoms with Crippen LogP contribution < -0.4 is 20.4 Å². The number of nitrogens with one attached hydrogen (secondary N) is 2. The Morgan fingerprint density at radius 3 is 2.31 bits per heavy atom. The molecular weight excluding hydrogens is 512 g/mol. The van der Waals surface area contributed by atoms with Crippen LogP contribution in [0, 0.1) is 0 Å². The van der Waals surface area contributed by atoms with E-state index in [9.17, 15) is 33.6 Å². The standard InChI is InChI=1S/C26H26N4O9/c1-16(32)39-15-23(34)29-12-19(28-25(37)17-7-3-2-4-8-17)26(38)30(21-10-6-5-9-20(21)29)13-22(33)27-18(14-31)11-24(35)36/h2-10,14,18-19H,11-13,15H2,1H3,(H,27,33)(H,28,37)(H,35,36). The lowest BCUT2D eigenvalue weighted by atomic mass is 10.1. The summed E-state index contributed by atoms with van der Waals surface area (Å²) >= 11 is 0. The van der Waals surface area contributed by atoms with Crippen molar-refractivity contribution in [2.75, 3.05) is 29.5 Å². The van der Waals surface area contributed by atoms with Crippen LogP contribution in [0.2, 0.25) is 0 Å². The van der Waals surface area contributed by atoms with Crippen LogP contribution in [-0.2, 0) is 33.5 Å². The Labute approximate surface area is 222 Å². The average Bonchev–Trinajstić information content (AvgIpc) is 3.02. The second kappa shape index (κ2) is 12.9. The number of hydrogen-bond acceptors (Lipinski definition) is 8. The summed E-state index contributed by atoms with van der Waals surface area (Å²) in [5.41, 5.74) is 0.576. The summed E-state index contributed by atoms with van der Waals surface area (Å²) in [6, 6.07) is 11.5. The predicted octanol–water partition coefficient (Wildman–Crippen LogP) is -0.114. The summed E-state index contributed by atoms with van der Waals surface area (Å²) in [5.74, 6) is -4.89. The molecule has 1 heterocycles. The largest absolute Gasteiger partial charge is 0.481 e. The number of amides is 4. The van der Waals surface area contributed by atoms with Crippen molar-refractivity contribution in [3.8, 4) is 0 Å². The number of aldehydes is 1. The van der Waals surface area contributed by atoms with Crippen molar-refractivity contribution < 1.29 is 43.4 Å². The highest BCUT2D eigenvalue weighted by Crippen LogP contribution is 2.33. The molecule has 204 valence electrons. The number of benzene rings is 2. The third kappa shape index (κ3) is 7.47. The van der Waals surface area contributed by atoms with Gasteiger partial charge in [-0.1, -0.05) is 30.3 Å². The van der Waals surface area contributed by atoms with Crippen molar-refractivity contribution in [1.29, 1.82) is 0 Å². The number of esters is 1. The number of carbonyl (C=O) groups excluding carboxylic acids is 6. The summed E-state index contributed by atoms with van der Waals surface area (Å²) in [7, 11) is 0. The fourth-order valence-corrected chi connectivity index (χ4v) is 3.88. The van der Waals surface area contributed by atoms with Gasteiger partial charge in [0.05, 0.1) is 30.4 Å². The number of carboxylic acids is 1. The van der Waals surface area contributed by atoms with E-state index in [4.69, 9.17) is 9.84 Å². The van der Waals surface area contributed by atoms with Gasteiger partial charge in [-0.3, -0.25) is 33.7 Å². The van der Waals surface area contributed by atoms with E-state index in [-0.39, 0.29) is 29.8 Å². The first-order valence-electron chi connectivity index (χ1n) is 11.8. The van der Waals surface area contributed by atoms with E-state index >= 15 is 0 Å². The van der Waals surface area contributed by atoms with E-state index < -0.39 is 67.2 Å². The molecule has 39 heavy (non-hydrogen) atoms. The van der Waals surface area contributed by atoms with Gasteiger partial charge in [0.15, 0.2) is 6.61 Å². The number of carbonyl (C=O) groups is 7. The zero-order valence-corrected chi connectivity index (χ0v) is 20.9. The molecule has 2 atom stereocenters. The van der Waals surface area contributed by atoms with Crippen LogP contribution in [0.5, 0.6) is 0 Å². The van der Waals surface area contributed by atoms with Gasteiger partial charge in [-0.2, -0.15) is 0 Å². The van der Waals surface area contributed by atoms with Gasteiger partial charge in [-0.05, 0) is 24.3 Å². The minimum atomic E-state index is -1.33. The fourth-order valence-electron chi connectivity index (χ4n) is 3.88. The first kappa shape index (κ1) is 28.5. The zero-order valence-electron chi connectivity index (χ0n) is 20.9. The monoisotopic (exact) mass is 538 g/mol. The number of nitrogens with zero attached hydrogens (tertiary/aromatic N) is 2. The van der Waals surface area contributed by atoms with E-state index in [1.54, 1.807) is 30.3 Å². The lowest BCUT2D eigenvalue weighted by Gasteiger charge is -2.25. The van der Waals surface area contributed by atoms with E-state index in [0.29, 0.717) is 0 Å². The van der Waals surface area contributed by atoms with Crippen LogP contribution in [0.4, 0.5) is 11.4 Å². The van der Waals surface area contributed by atoms with Crippen LogP contribution in [0.15, 0.2) is 54.6 Å². The molecule has 2 aromatic carbocycles. The summed E-state index contributed by atoms with van der Waals surface area (Å²) < 4.78 is 4.84. The van der Waals surface area contributed by atoms with Gasteiger partial charge in [0.25, 0.3) is 17.7 Å². The molecule has 4 amide bonds. The van der Waals surface area contributed by atoms with Gasteiger partial charge in [-0.15, -0.1) is 0 Å². The SMILES string of the molecule is CC(=O)OCC(=O)N1CC(NC(=O)c2ccccc2)C(=O)N(CC(=O)NC(C=O)CC(=O)O)c2ccccc21. The quantitative estimate of drug-likeness (QED) is 0.275. The molecule has 0 aromatic heterocycles. The summed E-state index contributed by atoms with van der Waals surface area (Å²) in [4.78, 5) is 88.2. The zero-order chi connectivity index (χ0) is 28.5. The Hall–Kier alpha value is -5.07. The highest BCUT2D eigenvalue weighted by Gasteiger charge is 2.38. The Bertz CT molecular complexity index is 1280. The van der Waals surface area contributed by atoms with Crippen LogP contribution in [0.25, 0.3) is 0 Å². The molecule has 13 heteroatoms. The topological polar surface area (TPSA) is 179 Å². The minimum absolute atomic E-state index is 0.131. The predicted molar refractivity (Wildman–Crippen MR) is 136 cm³/mol. The Morgan fingerprint density at radius 2 is 1.69 bits per heavy atom. The maximum absolute atomic E-state index is 13.7. The number of carboxylic acid groups (broad SMARTS) is 1. The van der Waals surface area contributed by atoms with Gasteiger partial charge >= 0.3 is 11.9 Å². The van der Waals surface area contributed by atoms with Gasteiger partial charge in [-0.25, -0.2) is 0 Å². The lowest BCUT2D eigenvalue weighted by Crippen LogP contribution is -2.55. The summed E-state index contributed by atoms with van der Waals surface area (Å²) in [5, 5.41) is 13.8. The molecule has 0 aliphatic carbocycles. The number of fused-ring (bicyclic) bond motifs is 1. The number of hydrogen-bond donors (Lipinski definition) is 3. The fraction of sp³-hybridized carbons (Fsp3) is 0.269. The molecule has 0 bridgehead atoms. The van der Waals surface area contributed by atoms with E-state index in [0.717, 1.165) is 11.8 Å². The summed E-state index contributed by atoms with van der Waals surface area (Å²) in [6.07, 6.45) is -0.392. The molecular formula is C26H26N4O9. The molecule has 0 fully saturated rings. The molecule has 2 unspecified atom stereocenters. The molecule has 2 aromatic rings.